The van der Waals surface area contributed by atoms with Gasteiger partial charge in [0.2, 0.25) is 12.7 Å². The summed E-state index contributed by atoms with van der Waals surface area (Å²) < 4.78 is 10.6. The van der Waals surface area contributed by atoms with E-state index < -0.39 is 0 Å². The lowest BCUT2D eigenvalue weighted by Gasteiger charge is -2.14. The number of amides is 2. The van der Waals surface area contributed by atoms with Crippen molar-refractivity contribution in [2.75, 3.05) is 29.3 Å². The lowest BCUT2D eigenvalue weighted by Crippen LogP contribution is -2.23. The van der Waals surface area contributed by atoms with Crippen LogP contribution in [-0.2, 0) is 4.79 Å². The zero-order valence-corrected chi connectivity index (χ0v) is 17.3. The van der Waals surface area contributed by atoms with Crippen LogP contribution in [0.1, 0.15) is 27.6 Å². The van der Waals surface area contributed by atoms with Crippen molar-refractivity contribution in [3.8, 4) is 11.5 Å². The topological polar surface area (TPSA) is 106 Å². The Morgan fingerprint density at radius 3 is 2.19 bits per heavy atom. The molecule has 4 rings (SSSR count). The van der Waals surface area contributed by atoms with E-state index in [0.29, 0.717) is 39.7 Å². The highest BCUT2D eigenvalue weighted by Gasteiger charge is 2.20. The lowest BCUT2D eigenvalue weighted by molar-refractivity contribution is -0.114. The molecule has 3 N–H and O–H groups in total. The highest BCUT2D eigenvalue weighted by Crippen LogP contribution is 2.37. The third-order valence-corrected chi connectivity index (χ3v) is 4.82. The summed E-state index contributed by atoms with van der Waals surface area (Å²) in [6, 6.07) is 19.1. The summed E-state index contributed by atoms with van der Waals surface area (Å²) in [4.78, 5) is 37.0. The molecule has 2 amide bonds. The first-order valence-corrected chi connectivity index (χ1v) is 9.95. The van der Waals surface area contributed by atoms with E-state index in [9.17, 15) is 14.4 Å². The van der Waals surface area contributed by atoms with Crippen LogP contribution in [0, 0.1) is 0 Å². The van der Waals surface area contributed by atoms with Crippen molar-refractivity contribution in [3.63, 3.8) is 0 Å². The van der Waals surface area contributed by atoms with Crippen LogP contribution >= 0.6 is 0 Å². The van der Waals surface area contributed by atoms with E-state index in [4.69, 9.17) is 9.47 Å². The number of hydrogen-bond acceptors (Lipinski definition) is 6. The Morgan fingerprint density at radius 2 is 1.47 bits per heavy atom. The van der Waals surface area contributed by atoms with Gasteiger partial charge in [-0.15, -0.1) is 0 Å². The number of anilines is 3. The monoisotopic (exact) mass is 431 g/mol. The van der Waals surface area contributed by atoms with Gasteiger partial charge in [-0.05, 0) is 37.3 Å². The molecule has 1 aliphatic heterocycles. The Kier molecular flexibility index (Phi) is 6.03. The summed E-state index contributed by atoms with van der Waals surface area (Å²) in [5.41, 5.74) is 2.34. The highest BCUT2D eigenvalue weighted by atomic mass is 16.7. The average Bonchev–Trinajstić information content (AvgIpc) is 3.26. The second-order valence-corrected chi connectivity index (χ2v) is 7.07. The molecule has 3 aromatic carbocycles. The third-order valence-electron chi connectivity index (χ3n) is 4.82. The number of ketones is 1. The SMILES string of the molecule is CC(=O)c1cc2c(cc1NC(=O)CNc1ccccc1NC(=O)c1ccccc1)OCO2. The van der Waals surface area contributed by atoms with Gasteiger partial charge in [0.15, 0.2) is 17.3 Å². The standard InChI is InChI=1S/C24H21N3O5/c1-15(28)17-11-21-22(32-14-31-21)12-20(17)26-23(29)13-25-18-9-5-6-10-19(18)27-24(30)16-7-3-2-4-8-16/h2-12,25H,13-14H2,1H3,(H,26,29)(H,27,30). The van der Waals surface area contributed by atoms with Gasteiger partial charge in [0.25, 0.3) is 5.91 Å². The quantitative estimate of drug-likeness (QED) is 0.490. The smallest absolute Gasteiger partial charge is 0.255 e. The first kappa shape index (κ1) is 20.9. The van der Waals surface area contributed by atoms with Gasteiger partial charge >= 0.3 is 0 Å². The van der Waals surface area contributed by atoms with Crippen molar-refractivity contribution in [1.29, 1.82) is 0 Å². The molecule has 162 valence electrons. The molecule has 32 heavy (non-hydrogen) atoms. The molecule has 0 fully saturated rings. The number of carbonyl (C=O) groups is 3. The highest BCUT2D eigenvalue weighted by molar-refractivity contribution is 6.07. The normalized spacial score (nSPS) is 11.5. The minimum Gasteiger partial charge on any atom is -0.454 e. The van der Waals surface area contributed by atoms with Gasteiger partial charge < -0.3 is 25.4 Å². The Hall–Kier alpha value is -4.33. The Labute approximate surface area is 184 Å². The van der Waals surface area contributed by atoms with Gasteiger partial charge in [-0.2, -0.15) is 0 Å². The Bertz CT molecular complexity index is 1180. The number of nitrogens with one attached hydrogen (secondary N) is 3. The van der Waals surface area contributed by atoms with E-state index in [1.807, 2.05) is 6.07 Å². The zero-order chi connectivity index (χ0) is 22.5. The van der Waals surface area contributed by atoms with Gasteiger partial charge in [0.05, 0.1) is 23.6 Å². The molecule has 1 aliphatic rings. The predicted molar refractivity (Wildman–Crippen MR) is 121 cm³/mol. The number of rotatable bonds is 7. The van der Waals surface area contributed by atoms with Crippen molar-refractivity contribution in [2.24, 2.45) is 0 Å². The van der Waals surface area contributed by atoms with E-state index in [0.717, 1.165) is 0 Å². The number of ether oxygens (including phenoxy) is 2. The van der Waals surface area contributed by atoms with Gasteiger partial charge in [-0.1, -0.05) is 30.3 Å². The molecule has 0 saturated carbocycles. The summed E-state index contributed by atoms with van der Waals surface area (Å²) in [5.74, 6) is 0.105. The first-order chi connectivity index (χ1) is 15.5. The van der Waals surface area contributed by atoms with Crippen LogP contribution in [0.15, 0.2) is 66.7 Å². The van der Waals surface area contributed by atoms with Gasteiger partial charge in [0, 0.05) is 17.2 Å². The maximum atomic E-state index is 12.6. The summed E-state index contributed by atoms with van der Waals surface area (Å²) in [6.45, 7) is 1.40. The van der Waals surface area contributed by atoms with Gasteiger partial charge in [-0.25, -0.2) is 0 Å². The molecule has 0 saturated heterocycles. The number of para-hydroxylation sites is 2. The third kappa shape index (κ3) is 4.70. The van der Waals surface area contributed by atoms with Gasteiger partial charge in [0.1, 0.15) is 0 Å². The van der Waals surface area contributed by atoms with E-state index in [1.54, 1.807) is 60.7 Å². The molecule has 1 heterocycles. The van der Waals surface area contributed by atoms with E-state index in [1.165, 1.54) is 6.92 Å². The summed E-state index contributed by atoms with van der Waals surface area (Å²) >= 11 is 0. The number of fused-ring (bicyclic) bond motifs is 1. The van der Waals surface area contributed by atoms with Crippen LogP contribution in [0.2, 0.25) is 0 Å². The molecule has 0 aromatic heterocycles. The van der Waals surface area contributed by atoms with Gasteiger partial charge in [-0.3, -0.25) is 14.4 Å². The second kappa shape index (κ2) is 9.22. The molecule has 0 bridgehead atoms. The number of Topliss-reactive ketones (excluding diaryl/α,β-unsaturated/α-hetero) is 1. The maximum Gasteiger partial charge on any atom is 0.255 e. The molecular weight excluding hydrogens is 410 g/mol. The summed E-state index contributed by atoms with van der Waals surface area (Å²) in [5, 5.41) is 8.60. The predicted octanol–water partition coefficient (Wildman–Crippen LogP) is 3.92. The van der Waals surface area contributed by atoms with E-state index in [-0.39, 0.29) is 30.9 Å². The van der Waals surface area contributed by atoms with Crippen LogP contribution in [0.4, 0.5) is 17.1 Å². The summed E-state index contributed by atoms with van der Waals surface area (Å²) in [6.07, 6.45) is 0. The zero-order valence-electron chi connectivity index (χ0n) is 17.3. The van der Waals surface area contributed by atoms with Crippen molar-refractivity contribution >= 4 is 34.7 Å². The molecule has 0 unspecified atom stereocenters. The molecule has 0 spiro atoms. The maximum absolute atomic E-state index is 12.6. The van der Waals surface area contributed by atoms with Crippen LogP contribution in [-0.4, -0.2) is 30.9 Å². The van der Waals surface area contributed by atoms with Crippen LogP contribution < -0.4 is 25.4 Å². The second-order valence-electron chi connectivity index (χ2n) is 7.07. The van der Waals surface area contributed by atoms with Crippen molar-refractivity contribution in [2.45, 2.75) is 6.92 Å². The minimum absolute atomic E-state index is 0.0666. The van der Waals surface area contributed by atoms with Crippen LogP contribution in [0.25, 0.3) is 0 Å². The Morgan fingerprint density at radius 1 is 0.812 bits per heavy atom. The molecule has 8 nitrogen and oxygen atoms in total. The van der Waals surface area contributed by atoms with Crippen molar-refractivity contribution < 1.29 is 23.9 Å². The fraction of sp³-hybridized carbons (Fsp3) is 0.125. The average molecular weight is 431 g/mol. The molecular formula is C24H21N3O5. The minimum atomic E-state index is -0.365. The Balaban J connectivity index is 1.43. The van der Waals surface area contributed by atoms with E-state index >= 15 is 0 Å². The van der Waals surface area contributed by atoms with Crippen LogP contribution in [0.3, 0.4) is 0 Å². The van der Waals surface area contributed by atoms with E-state index in [2.05, 4.69) is 16.0 Å². The molecule has 0 atom stereocenters. The number of benzene rings is 3. The molecule has 0 radical (unpaired) electrons. The lowest BCUT2D eigenvalue weighted by atomic mass is 10.1. The molecule has 0 aliphatic carbocycles. The number of hydrogen-bond donors (Lipinski definition) is 3. The molecule has 3 aromatic rings. The first-order valence-electron chi connectivity index (χ1n) is 9.95. The van der Waals surface area contributed by atoms with Crippen molar-refractivity contribution in [1.82, 2.24) is 0 Å². The fourth-order valence-corrected chi connectivity index (χ4v) is 3.24. The molecule has 8 heteroatoms. The van der Waals surface area contributed by atoms with Crippen molar-refractivity contribution in [3.05, 3.63) is 77.9 Å². The summed E-state index contributed by atoms with van der Waals surface area (Å²) in [7, 11) is 0. The number of carbonyl (C=O) groups excluding carboxylic acids is 3. The fourth-order valence-electron chi connectivity index (χ4n) is 3.24. The largest absolute Gasteiger partial charge is 0.454 e. The van der Waals surface area contributed by atoms with Crippen LogP contribution in [0.5, 0.6) is 11.5 Å².